The number of benzene rings is 7. The van der Waals surface area contributed by atoms with Gasteiger partial charge in [0.1, 0.15) is 16.1 Å². The maximum atomic E-state index is 2.50. The number of hydrogen-bond acceptors (Lipinski definition) is 1. The van der Waals surface area contributed by atoms with Gasteiger partial charge in [-0.05, 0) is 101 Å². The average molecular weight is 636 g/mol. The van der Waals surface area contributed by atoms with Gasteiger partial charge >= 0.3 is 0 Å². The van der Waals surface area contributed by atoms with E-state index < -0.39 is 16.1 Å². The molecule has 47 heavy (non-hydrogen) atoms. The molecule has 2 aliphatic rings. The minimum absolute atomic E-state index is 1.17. The highest BCUT2D eigenvalue weighted by Gasteiger charge is 2.39. The highest BCUT2D eigenvalue weighted by Crippen LogP contribution is 2.41. The molecule has 0 unspecified atom stereocenters. The van der Waals surface area contributed by atoms with Crippen molar-refractivity contribution in [3.05, 3.63) is 152 Å². The predicted molar refractivity (Wildman–Crippen MR) is 208 cm³/mol. The Kier molecular flexibility index (Phi) is 6.18. The topological polar surface area (TPSA) is 3.24 Å². The van der Waals surface area contributed by atoms with Gasteiger partial charge in [-0.3, -0.25) is 0 Å². The standard InChI is InChI=1S/C44H37NSi2/c1-46(2)42-19-10-8-16-38(42)40-28-33(25-27-43(40)46)45(34-24-26-39-37-15-7-9-18-41(37)47(3,4)44(39)29-34)32-22-20-31(21-23-32)36-17-11-13-30-12-5-6-14-35(30)36/h5-29H,1-4H3. The lowest BCUT2D eigenvalue weighted by Crippen LogP contribution is -2.49. The molecule has 226 valence electrons. The molecule has 2 aliphatic heterocycles. The summed E-state index contributed by atoms with van der Waals surface area (Å²) in [6, 6.07) is 57.1. The van der Waals surface area contributed by atoms with Gasteiger partial charge in [-0.25, -0.2) is 0 Å². The summed E-state index contributed by atoms with van der Waals surface area (Å²) in [6.07, 6.45) is 0. The Morgan fingerprint density at radius 2 is 0.872 bits per heavy atom. The number of anilines is 3. The second-order valence-corrected chi connectivity index (χ2v) is 22.9. The van der Waals surface area contributed by atoms with E-state index in [-0.39, 0.29) is 0 Å². The van der Waals surface area contributed by atoms with Gasteiger partial charge in [-0.2, -0.15) is 0 Å². The van der Waals surface area contributed by atoms with Crippen molar-refractivity contribution in [1.29, 1.82) is 0 Å². The molecule has 9 rings (SSSR count). The second kappa shape index (κ2) is 10.3. The van der Waals surface area contributed by atoms with Crippen LogP contribution in [0.15, 0.2) is 152 Å². The largest absolute Gasteiger partial charge is 0.310 e. The highest BCUT2D eigenvalue weighted by molar-refractivity contribution is 7.04. The van der Waals surface area contributed by atoms with Crippen LogP contribution in [0.5, 0.6) is 0 Å². The molecule has 3 heteroatoms. The number of nitrogens with zero attached hydrogens (tertiary/aromatic N) is 1. The van der Waals surface area contributed by atoms with Crippen LogP contribution in [0, 0.1) is 0 Å². The van der Waals surface area contributed by atoms with E-state index in [0.717, 1.165) is 0 Å². The van der Waals surface area contributed by atoms with Crippen molar-refractivity contribution >= 4 is 64.7 Å². The molecule has 0 amide bonds. The van der Waals surface area contributed by atoms with E-state index in [1.165, 1.54) is 71.6 Å². The van der Waals surface area contributed by atoms with E-state index in [9.17, 15) is 0 Å². The fraction of sp³-hybridized carbons (Fsp3) is 0.0909. The van der Waals surface area contributed by atoms with Crippen LogP contribution in [-0.2, 0) is 0 Å². The first-order valence-corrected chi connectivity index (χ1v) is 22.7. The zero-order chi connectivity index (χ0) is 31.9. The summed E-state index contributed by atoms with van der Waals surface area (Å²) in [7, 11) is -3.59. The van der Waals surface area contributed by atoms with Gasteiger partial charge in [-0.15, -0.1) is 0 Å². The second-order valence-electron chi connectivity index (χ2n) is 14.2. The van der Waals surface area contributed by atoms with Crippen LogP contribution in [0.2, 0.25) is 26.2 Å². The molecule has 0 aromatic heterocycles. The van der Waals surface area contributed by atoms with E-state index in [0.29, 0.717) is 0 Å². The Hall–Kier alpha value is -4.97. The molecule has 0 fully saturated rings. The minimum Gasteiger partial charge on any atom is -0.310 e. The van der Waals surface area contributed by atoms with Gasteiger partial charge in [0.15, 0.2) is 0 Å². The van der Waals surface area contributed by atoms with Gasteiger partial charge in [0, 0.05) is 17.1 Å². The summed E-state index contributed by atoms with van der Waals surface area (Å²) < 4.78 is 0. The van der Waals surface area contributed by atoms with Crippen LogP contribution in [-0.4, -0.2) is 16.1 Å². The van der Waals surface area contributed by atoms with Crippen molar-refractivity contribution in [2.75, 3.05) is 4.90 Å². The van der Waals surface area contributed by atoms with Gasteiger partial charge in [-0.1, -0.05) is 141 Å². The lowest BCUT2D eigenvalue weighted by molar-refractivity contribution is 1.29. The van der Waals surface area contributed by atoms with Crippen LogP contribution in [0.25, 0.3) is 44.2 Å². The minimum atomic E-state index is -1.84. The van der Waals surface area contributed by atoms with Crippen LogP contribution in [0.3, 0.4) is 0 Å². The maximum Gasteiger partial charge on any atom is 0.113 e. The van der Waals surface area contributed by atoms with E-state index in [2.05, 4.69) is 183 Å². The molecule has 0 spiro atoms. The quantitative estimate of drug-likeness (QED) is 0.174. The molecule has 0 N–H and O–H groups in total. The molecular formula is C44H37NSi2. The third-order valence-corrected chi connectivity index (χ3v) is 18.0. The molecule has 0 aliphatic carbocycles. The normalized spacial score (nSPS) is 14.7. The third kappa shape index (κ3) is 4.20. The highest BCUT2D eigenvalue weighted by atomic mass is 28.3. The van der Waals surface area contributed by atoms with Gasteiger partial charge in [0.25, 0.3) is 0 Å². The molecule has 0 radical (unpaired) electrons. The SMILES string of the molecule is C[Si]1(C)c2ccccc2-c2cc(N(c3ccc(-c4cccc5ccccc45)cc3)c3ccc4c(c3)[Si](C)(C)c3ccccc3-4)ccc21. The third-order valence-electron chi connectivity index (χ3n) is 10.9. The van der Waals surface area contributed by atoms with Gasteiger partial charge in [0.2, 0.25) is 0 Å². The first-order chi connectivity index (χ1) is 22.8. The Labute approximate surface area is 279 Å². The number of hydrogen-bond donors (Lipinski definition) is 0. The van der Waals surface area contributed by atoms with Crippen LogP contribution >= 0.6 is 0 Å². The van der Waals surface area contributed by atoms with E-state index in [1.54, 1.807) is 10.4 Å². The molecule has 7 aromatic carbocycles. The number of rotatable bonds is 4. The van der Waals surface area contributed by atoms with Crippen molar-refractivity contribution in [3.8, 4) is 33.4 Å². The summed E-state index contributed by atoms with van der Waals surface area (Å²) in [5.74, 6) is 0. The molecule has 0 saturated heterocycles. The molecule has 7 aromatic rings. The molecule has 0 saturated carbocycles. The van der Waals surface area contributed by atoms with Crippen LogP contribution in [0.1, 0.15) is 0 Å². The molecule has 0 atom stereocenters. The smallest absolute Gasteiger partial charge is 0.113 e. The molecule has 0 bridgehead atoms. The van der Waals surface area contributed by atoms with E-state index >= 15 is 0 Å². The van der Waals surface area contributed by atoms with Crippen molar-refractivity contribution in [2.24, 2.45) is 0 Å². The first kappa shape index (κ1) is 28.3. The Balaban J connectivity index is 1.22. The van der Waals surface area contributed by atoms with E-state index in [4.69, 9.17) is 0 Å². The molecule has 2 heterocycles. The van der Waals surface area contributed by atoms with Crippen molar-refractivity contribution in [1.82, 2.24) is 0 Å². The molecular weight excluding hydrogens is 599 g/mol. The summed E-state index contributed by atoms with van der Waals surface area (Å²) in [6.45, 7) is 9.99. The fourth-order valence-corrected chi connectivity index (χ4v) is 14.6. The van der Waals surface area contributed by atoms with Gasteiger partial charge in [0.05, 0.1) is 0 Å². The lowest BCUT2D eigenvalue weighted by atomic mass is 9.98. The summed E-state index contributed by atoms with van der Waals surface area (Å²) in [5.41, 5.74) is 11.7. The maximum absolute atomic E-state index is 2.50. The van der Waals surface area contributed by atoms with Crippen LogP contribution < -0.4 is 25.6 Å². The van der Waals surface area contributed by atoms with Crippen molar-refractivity contribution < 1.29 is 0 Å². The first-order valence-electron chi connectivity index (χ1n) is 16.7. The van der Waals surface area contributed by atoms with Gasteiger partial charge < -0.3 is 4.90 Å². The van der Waals surface area contributed by atoms with Crippen molar-refractivity contribution in [2.45, 2.75) is 26.2 Å². The monoisotopic (exact) mass is 635 g/mol. The molecule has 1 nitrogen and oxygen atoms in total. The predicted octanol–water partition coefficient (Wildman–Crippen LogP) is 9.58. The Morgan fingerprint density at radius 1 is 0.362 bits per heavy atom. The van der Waals surface area contributed by atoms with Crippen molar-refractivity contribution in [3.63, 3.8) is 0 Å². The van der Waals surface area contributed by atoms with E-state index in [1.807, 2.05) is 0 Å². The fourth-order valence-electron chi connectivity index (χ4n) is 8.39. The van der Waals surface area contributed by atoms with Crippen LogP contribution in [0.4, 0.5) is 17.1 Å². The lowest BCUT2D eigenvalue weighted by Gasteiger charge is -2.28. The average Bonchev–Trinajstić information content (AvgIpc) is 3.48. The zero-order valence-electron chi connectivity index (χ0n) is 27.4. The summed E-state index contributed by atoms with van der Waals surface area (Å²) in [5, 5.41) is 8.70. The summed E-state index contributed by atoms with van der Waals surface area (Å²) >= 11 is 0. The summed E-state index contributed by atoms with van der Waals surface area (Å²) in [4.78, 5) is 2.48. The zero-order valence-corrected chi connectivity index (χ0v) is 29.4. The number of fused-ring (bicyclic) bond motifs is 7. The Morgan fingerprint density at radius 3 is 1.64 bits per heavy atom. The Bertz CT molecular complexity index is 2360.